The van der Waals surface area contributed by atoms with Crippen LogP contribution in [0.3, 0.4) is 0 Å². The molecule has 2 unspecified atom stereocenters. The molecule has 0 aromatic heterocycles. The van der Waals surface area contributed by atoms with Crippen molar-refractivity contribution in [2.45, 2.75) is 200 Å². The van der Waals surface area contributed by atoms with Crippen LogP contribution in [0.5, 0.6) is 0 Å². The van der Waals surface area contributed by atoms with Crippen molar-refractivity contribution in [1.82, 2.24) is 4.90 Å². The second kappa shape index (κ2) is 32.0. The fourth-order valence-corrected chi connectivity index (χ4v) is 6.87. The average Bonchev–Trinajstić information content (AvgIpc) is 3.44. The van der Waals surface area contributed by atoms with Crippen molar-refractivity contribution in [3.63, 3.8) is 0 Å². The normalized spacial score (nSPS) is 19.8. The van der Waals surface area contributed by atoms with Crippen LogP contribution in [-0.4, -0.2) is 76.9 Å². The van der Waals surface area contributed by atoms with Crippen LogP contribution in [0.1, 0.15) is 182 Å². The second-order valence-electron chi connectivity index (χ2n) is 15.0. The van der Waals surface area contributed by atoms with Crippen molar-refractivity contribution < 1.29 is 18.9 Å². The molecule has 0 aromatic rings. The average molecular weight is 654 g/mol. The van der Waals surface area contributed by atoms with E-state index < -0.39 is 0 Å². The van der Waals surface area contributed by atoms with Gasteiger partial charge in [-0.3, -0.25) is 0 Å². The molecular formula is C41H83NO4. The highest BCUT2D eigenvalue weighted by Crippen LogP contribution is 2.27. The molecule has 0 radical (unpaired) electrons. The summed E-state index contributed by atoms with van der Waals surface area (Å²) in [5.74, 6) is 1.29. The van der Waals surface area contributed by atoms with E-state index in [2.05, 4.69) is 46.7 Å². The summed E-state index contributed by atoms with van der Waals surface area (Å²) in [4.78, 5) is 2.17. The summed E-state index contributed by atoms with van der Waals surface area (Å²) in [6.07, 6.45) is 32.1. The highest BCUT2D eigenvalue weighted by atomic mass is 16.6. The summed E-state index contributed by atoms with van der Waals surface area (Å²) < 4.78 is 26.1. The Kier molecular flexibility index (Phi) is 30.5. The van der Waals surface area contributed by atoms with Crippen molar-refractivity contribution in [2.24, 2.45) is 11.8 Å². The molecule has 0 saturated carbocycles. The molecule has 0 amide bonds. The standard InChI is InChI=1S/C41H83NO4/c1-7-11-15-19-21-25-29-37(27-23-17-13-9-3)33-44-40-36-45-39(35-43-32-31-42(5)6)41(40)46-34-38(28-24-18-14-10-4)30-26-22-20-16-12-8-2/h37-41H,7-36H2,1-6H3/t37?,38?,39-,40+,41+/m1/s1. The molecule has 1 aliphatic heterocycles. The lowest BCUT2D eigenvalue weighted by Crippen LogP contribution is -2.39. The van der Waals surface area contributed by atoms with Crippen molar-refractivity contribution in [2.75, 3.05) is 53.7 Å². The minimum Gasteiger partial charge on any atom is -0.377 e. The van der Waals surface area contributed by atoms with E-state index in [4.69, 9.17) is 18.9 Å². The monoisotopic (exact) mass is 654 g/mol. The van der Waals surface area contributed by atoms with Crippen LogP contribution in [0, 0.1) is 11.8 Å². The van der Waals surface area contributed by atoms with Crippen LogP contribution in [0.4, 0.5) is 0 Å². The molecule has 0 N–H and O–H groups in total. The van der Waals surface area contributed by atoms with E-state index in [9.17, 15) is 0 Å². The molecule has 5 atom stereocenters. The highest BCUT2D eigenvalue weighted by Gasteiger charge is 2.40. The summed E-state index contributed by atoms with van der Waals surface area (Å²) in [6, 6.07) is 0. The molecular weight excluding hydrogens is 570 g/mol. The number of ether oxygens (including phenoxy) is 4. The Morgan fingerprint density at radius 2 is 0.978 bits per heavy atom. The number of rotatable bonds is 35. The van der Waals surface area contributed by atoms with Crippen LogP contribution in [0.2, 0.25) is 0 Å². The molecule has 46 heavy (non-hydrogen) atoms. The Bertz CT molecular complexity index is 617. The van der Waals surface area contributed by atoms with Gasteiger partial charge in [0.05, 0.1) is 33.0 Å². The van der Waals surface area contributed by atoms with Gasteiger partial charge in [-0.1, -0.05) is 156 Å². The third-order valence-corrected chi connectivity index (χ3v) is 10.1. The Hall–Kier alpha value is -0.200. The molecule has 5 nitrogen and oxygen atoms in total. The first-order valence-electron chi connectivity index (χ1n) is 20.6. The molecule has 0 aromatic carbocycles. The number of unbranched alkanes of at least 4 members (excludes halogenated alkanes) is 16. The van der Waals surface area contributed by atoms with Crippen LogP contribution >= 0.6 is 0 Å². The van der Waals surface area contributed by atoms with E-state index in [-0.39, 0.29) is 18.3 Å². The molecule has 1 fully saturated rings. The lowest BCUT2D eigenvalue weighted by atomic mass is 9.94. The van der Waals surface area contributed by atoms with Crippen LogP contribution < -0.4 is 0 Å². The van der Waals surface area contributed by atoms with Gasteiger partial charge in [0.15, 0.2) is 0 Å². The minimum atomic E-state index is -0.0384. The first-order chi connectivity index (χ1) is 22.5. The lowest BCUT2D eigenvalue weighted by Gasteiger charge is -2.28. The zero-order valence-corrected chi connectivity index (χ0v) is 32.2. The van der Waals surface area contributed by atoms with Gasteiger partial charge in [-0.25, -0.2) is 0 Å². The summed E-state index contributed by atoms with van der Waals surface area (Å²) >= 11 is 0. The number of hydrogen-bond donors (Lipinski definition) is 0. The summed E-state index contributed by atoms with van der Waals surface area (Å²) in [6.45, 7) is 13.8. The molecule has 1 rings (SSSR count). The molecule has 0 aliphatic carbocycles. The molecule has 0 spiro atoms. The molecule has 1 saturated heterocycles. The maximum Gasteiger partial charge on any atom is 0.114 e. The second-order valence-corrected chi connectivity index (χ2v) is 15.0. The van der Waals surface area contributed by atoms with Crippen molar-refractivity contribution in [1.29, 1.82) is 0 Å². The van der Waals surface area contributed by atoms with Gasteiger partial charge in [-0.2, -0.15) is 0 Å². The van der Waals surface area contributed by atoms with Gasteiger partial charge in [-0.05, 0) is 51.6 Å². The number of likely N-dealkylation sites (N-methyl/N-ethyl adjacent to an activating group) is 1. The van der Waals surface area contributed by atoms with Crippen LogP contribution in [0.15, 0.2) is 0 Å². The molecule has 1 aliphatic rings. The highest BCUT2D eigenvalue weighted by molar-refractivity contribution is 4.87. The Morgan fingerprint density at radius 1 is 0.565 bits per heavy atom. The van der Waals surface area contributed by atoms with Crippen molar-refractivity contribution in [3.8, 4) is 0 Å². The van der Waals surface area contributed by atoms with Gasteiger partial charge in [0.1, 0.15) is 18.3 Å². The van der Waals surface area contributed by atoms with Gasteiger partial charge in [0.25, 0.3) is 0 Å². The van der Waals surface area contributed by atoms with Crippen molar-refractivity contribution in [3.05, 3.63) is 0 Å². The number of nitrogens with zero attached hydrogens (tertiary/aromatic N) is 1. The van der Waals surface area contributed by atoms with Crippen LogP contribution in [-0.2, 0) is 18.9 Å². The van der Waals surface area contributed by atoms with E-state index in [0.717, 1.165) is 26.4 Å². The fraction of sp³-hybridized carbons (Fsp3) is 1.00. The van der Waals surface area contributed by atoms with Gasteiger partial charge in [0, 0.05) is 6.54 Å². The summed E-state index contributed by atoms with van der Waals surface area (Å²) in [7, 11) is 4.19. The minimum absolute atomic E-state index is 0.0138. The third-order valence-electron chi connectivity index (χ3n) is 10.1. The largest absolute Gasteiger partial charge is 0.377 e. The maximum absolute atomic E-state index is 6.86. The number of hydrogen-bond acceptors (Lipinski definition) is 5. The maximum atomic E-state index is 6.86. The zero-order valence-electron chi connectivity index (χ0n) is 32.2. The topological polar surface area (TPSA) is 40.2 Å². The van der Waals surface area contributed by atoms with Gasteiger partial charge in [-0.15, -0.1) is 0 Å². The van der Waals surface area contributed by atoms with Crippen LogP contribution in [0.25, 0.3) is 0 Å². The fourth-order valence-electron chi connectivity index (χ4n) is 6.87. The van der Waals surface area contributed by atoms with E-state index in [1.165, 1.54) is 154 Å². The Balaban J connectivity index is 2.79. The predicted octanol–water partition coefficient (Wildman–Crippen LogP) is 11.4. The van der Waals surface area contributed by atoms with E-state index >= 15 is 0 Å². The van der Waals surface area contributed by atoms with Gasteiger partial charge < -0.3 is 23.8 Å². The summed E-state index contributed by atoms with van der Waals surface area (Å²) in [5, 5.41) is 0. The smallest absolute Gasteiger partial charge is 0.114 e. The summed E-state index contributed by atoms with van der Waals surface area (Å²) in [5.41, 5.74) is 0. The Labute approximate surface area is 289 Å². The van der Waals surface area contributed by atoms with Crippen molar-refractivity contribution >= 4 is 0 Å². The SMILES string of the molecule is CCCCCCCCC(CCCCCC)CO[C@@H]1[C@@H](OCC(CCCCCC)CCCCCCCC)CO[C@@H]1COCCN(C)C. The Morgan fingerprint density at radius 3 is 1.43 bits per heavy atom. The first-order valence-corrected chi connectivity index (χ1v) is 20.6. The van der Waals surface area contributed by atoms with E-state index in [1.807, 2.05) is 0 Å². The first kappa shape index (κ1) is 43.8. The lowest BCUT2D eigenvalue weighted by molar-refractivity contribution is -0.0928. The molecule has 276 valence electrons. The van der Waals surface area contributed by atoms with E-state index in [0.29, 0.717) is 25.0 Å². The molecule has 0 bridgehead atoms. The van der Waals surface area contributed by atoms with Gasteiger partial charge >= 0.3 is 0 Å². The van der Waals surface area contributed by atoms with Gasteiger partial charge in [0.2, 0.25) is 0 Å². The third kappa shape index (κ3) is 24.0. The molecule has 5 heteroatoms. The molecule has 1 heterocycles. The predicted molar refractivity (Wildman–Crippen MR) is 199 cm³/mol. The zero-order chi connectivity index (χ0) is 33.5. The van der Waals surface area contributed by atoms with E-state index in [1.54, 1.807) is 0 Å². The quantitative estimate of drug-likeness (QED) is 0.0637.